The van der Waals surface area contributed by atoms with Gasteiger partial charge in [-0.25, -0.2) is 9.79 Å². The van der Waals surface area contributed by atoms with Crippen LogP contribution in [0.15, 0.2) is 46.5 Å². The molecule has 118 valence electrons. The fourth-order valence-electron chi connectivity index (χ4n) is 2.53. The normalized spacial score (nSPS) is 22.3. The molecule has 0 aromatic heterocycles. The molecule has 23 heavy (non-hydrogen) atoms. The van der Waals surface area contributed by atoms with Crippen LogP contribution in [-0.2, 0) is 4.79 Å². The highest BCUT2D eigenvalue weighted by Gasteiger charge is 2.43. The number of benzene rings is 1. The SMILES string of the molecule is COc1ccc(N=C2C=CN=C3C2C(=O)N(C)C(=O)N3C)cc1. The Morgan fingerprint density at radius 3 is 2.48 bits per heavy atom. The van der Waals surface area contributed by atoms with Crippen molar-refractivity contribution < 1.29 is 14.3 Å². The molecular weight excluding hydrogens is 296 g/mol. The maximum atomic E-state index is 12.5. The second-order valence-corrected chi connectivity index (χ2v) is 5.21. The van der Waals surface area contributed by atoms with Crippen LogP contribution in [0.4, 0.5) is 10.5 Å². The molecule has 0 saturated carbocycles. The number of hydrogen-bond donors (Lipinski definition) is 0. The number of urea groups is 1. The van der Waals surface area contributed by atoms with Gasteiger partial charge in [0.1, 0.15) is 17.5 Å². The van der Waals surface area contributed by atoms with E-state index in [1.165, 1.54) is 11.9 Å². The summed E-state index contributed by atoms with van der Waals surface area (Å²) < 4.78 is 5.12. The Morgan fingerprint density at radius 2 is 1.83 bits per heavy atom. The topological polar surface area (TPSA) is 74.6 Å². The molecule has 2 heterocycles. The van der Waals surface area contributed by atoms with Gasteiger partial charge in [0.25, 0.3) is 0 Å². The molecule has 3 amide bonds. The van der Waals surface area contributed by atoms with Crippen LogP contribution in [0.25, 0.3) is 0 Å². The minimum absolute atomic E-state index is 0.330. The van der Waals surface area contributed by atoms with Gasteiger partial charge in [0.2, 0.25) is 5.91 Å². The molecule has 1 fully saturated rings. The largest absolute Gasteiger partial charge is 0.497 e. The smallest absolute Gasteiger partial charge is 0.331 e. The lowest BCUT2D eigenvalue weighted by Gasteiger charge is -2.36. The molecule has 0 bridgehead atoms. The van der Waals surface area contributed by atoms with E-state index in [2.05, 4.69) is 9.98 Å². The monoisotopic (exact) mass is 312 g/mol. The summed E-state index contributed by atoms with van der Waals surface area (Å²) in [6.45, 7) is 0. The number of aliphatic imine (C=N–C) groups is 2. The van der Waals surface area contributed by atoms with Crippen molar-refractivity contribution in [3.8, 4) is 5.75 Å². The summed E-state index contributed by atoms with van der Waals surface area (Å²) in [7, 11) is 4.65. The van der Waals surface area contributed by atoms with Gasteiger partial charge >= 0.3 is 6.03 Å². The highest BCUT2D eigenvalue weighted by molar-refractivity contribution is 6.32. The number of carbonyl (C=O) groups is 2. The van der Waals surface area contributed by atoms with Gasteiger partial charge < -0.3 is 4.74 Å². The third-order valence-electron chi connectivity index (χ3n) is 3.83. The standard InChI is InChI=1S/C16H16N4O3/c1-19-14-13(15(21)20(2)16(19)22)12(8-9-17-14)18-10-4-6-11(23-3)7-5-10/h4-9,13H,1-3H3. The number of hydrogen-bond acceptors (Lipinski definition) is 5. The Balaban J connectivity index is 1.99. The number of allylic oxidation sites excluding steroid dienone is 1. The first-order valence-electron chi connectivity index (χ1n) is 7.05. The van der Waals surface area contributed by atoms with E-state index in [0.29, 0.717) is 17.2 Å². The zero-order valence-corrected chi connectivity index (χ0v) is 13.1. The van der Waals surface area contributed by atoms with Crippen LogP contribution < -0.4 is 4.74 Å². The molecule has 3 rings (SSSR count). The molecule has 0 spiro atoms. The Bertz CT molecular complexity index is 749. The van der Waals surface area contributed by atoms with Crippen LogP contribution in [0.1, 0.15) is 0 Å². The summed E-state index contributed by atoms with van der Waals surface area (Å²) in [5.74, 6) is 0.125. The first kappa shape index (κ1) is 15.0. The minimum atomic E-state index is -0.671. The number of ether oxygens (including phenoxy) is 1. The molecule has 1 aromatic rings. The minimum Gasteiger partial charge on any atom is -0.497 e. The predicted octanol–water partition coefficient (Wildman–Crippen LogP) is 1.83. The van der Waals surface area contributed by atoms with Crippen LogP contribution in [0.5, 0.6) is 5.75 Å². The fourth-order valence-corrected chi connectivity index (χ4v) is 2.53. The van der Waals surface area contributed by atoms with Gasteiger partial charge in [-0.1, -0.05) is 0 Å². The number of amides is 3. The van der Waals surface area contributed by atoms with Gasteiger partial charge in [-0.3, -0.25) is 19.6 Å². The number of carbonyl (C=O) groups excluding carboxylic acids is 2. The van der Waals surface area contributed by atoms with Crippen molar-refractivity contribution in [2.24, 2.45) is 15.9 Å². The van der Waals surface area contributed by atoms with Crippen LogP contribution in [0.2, 0.25) is 0 Å². The summed E-state index contributed by atoms with van der Waals surface area (Å²) in [4.78, 5) is 35.7. The van der Waals surface area contributed by atoms with Crippen molar-refractivity contribution in [3.63, 3.8) is 0 Å². The molecule has 7 nitrogen and oxygen atoms in total. The summed E-state index contributed by atoms with van der Waals surface area (Å²) in [5.41, 5.74) is 1.25. The second-order valence-electron chi connectivity index (χ2n) is 5.21. The Kier molecular flexibility index (Phi) is 3.69. The first-order valence-corrected chi connectivity index (χ1v) is 7.05. The van der Waals surface area contributed by atoms with Gasteiger partial charge in [0, 0.05) is 20.3 Å². The number of imide groups is 1. The Morgan fingerprint density at radius 1 is 1.13 bits per heavy atom. The number of amidine groups is 1. The third kappa shape index (κ3) is 2.50. The lowest BCUT2D eigenvalue weighted by Crippen LogP contribution is -2.59. The van der Waals surface area contributed by atoms with Crippen LogP contribution in [0.3, 0.4) is 0 Å². The lowest BCUT2D eigenvalue weighted by atomic mass is 9.95. The highest BCUT2D eigenvalue weighted by atomic mass is 16.5. The van der Waals surface area contributed by atoms with Gasteiger partial charge in [0.05, 0.1) is 18.5 Å². The van der Waals surface area contributed by atoms with E-state index in [1.807, 2.05) is 0 Å². The molecule has 2 aliphatic rings. The summed E-state index contributed by atoms with van der Waals surface area (Å²) >= 11 is 0. The quantitative estimate of drug-likeness (QED) is 0.836. The van der Waals surface area contributed by atoms with Gasteiger partial charge in [-0.15, -0.1) is 0 Å². The van der Waals surface area contributed by atoms with E-state index in [1.54, 1.807) is 50.7 Å². The number of methoxy groups -OCH3 is 1. The average Bonchev–Trinajstić information content (AvgIpc) is 2.58. The maximum Gasteiger partial charge on any atom is 0.331 e. The van der Waals surface area contributed by atoms with Crippen LogP contribution in [0, 0.1) is 5.92 Å². The molecule has 0 aliphatic carbocycles. The fraction of sp³-hybridized carbons (Fsp3) is 0.250. The van der Waals surface area contributed by atoms with Gasteiger partial charge in [-0.05, 0) is 30.3 Å². The van der Waals surface area contributed by atoms with E-state index in [-0.39, 0.29) is 5.91 Å². The van der Waals surface area contributed by atoms with Gasteiger partial charge in [-0.2, -0.15) is 0 Å². The van der Waals surface area contributed by atoms with E-state index < -0.39 is 11.9 Å². The molecule has 0 N–H and O–H groups in total. The summed E-state index contributed by atoms with van der Waals surface area (Å²) in [6, 6.07) is 6.80. The van der Waals surface area contributed by atoms with Crippen LogP contribution >= 0.6 is 0 Å². The number of nitrogens with zero attached hydrogens (tertiary/aromatic N) is 4. The Hall–Kier alpha value is -2.96. The average molecular weight is 312 g/mol. The molecular formula is C16H16N4O3. The molecule has 1 atom stereocenters. The van der Waals surface area contributed by atoms with Crippen molar-refractivity contribution in [1.82, 2.24) is 9.80 Å². The van der Waals surface area contributed by atoms with Gasteiger partial charge in [0.15, 0.2) is 0 Å². The van der Waals surface area contributed by atoms with E-state index >= 15 is 0 Å². The van der Waals surface area contributed by atoms with Crippen molar-refractivity contribution in [1.29, 1.82) is 0 Å². The second kappa shape index (κ2) is 5.68. The molecule has 7 heteroatoms. The van der Waals surface area contributed by atoms with E-state index in [9.17, 15) is 9.59 Å². The van der Waals surface area contributed by atoms with Crippen molar-refractivity contribution in [2.75, 3.05) is 21.2 Å². The first-order chi connectivity index (χ1) is 11.0. The highest BCUT2D eigenvalue weighted by Crippen LogP contribution is 2.25. The molecule has 1 aromatic carbocycles. The Labute approximate surface area is 133 Å². The lowest BCUT2D eigenvalue weighted by molar-refractivity contribution is -0.128. The number of fused-ring (bicyclic) bond motifs is 1. The van der Waals surface area contributed by atoms with Crippen LogP contribution in [-0.4, -0.2) is 54.5 Å². The molecule has 2 aliphatic heterocycles. The molecule has 1 saturated heterocycles. The predicted molar refractivity (Wildman–Crippen MR) is 86.1 cm³/mol. The zero-order valence-electron chi connectivity index (χ0n) is 13.1. The van der Waals surface area contributed by atoms with Crippen molar-refractivity contribution >= 4 is 29.2 Å². The van der Waals surface area contributed by atoms with Crippen molar-refractivity contribution in [3.05, 3.63) is 36.5 Å². The summed E-state index contributed by atoms with van der Waals surface area (Å²) in [6.07, 6.45) is 3.24. The maximum absolute atomic E-state index is 12.5. The number of rotatable bonds is 2. The molecule has 1 unspecified atom stereocenters. The molecule has 0 radical (unpaired) electrons. The third-order valence-corrected chi connectivity index (χ3v) is 3.83. The van der Waals surface area contributed by atoms with E-state index in [0.717, 1.165) is 10.6 Å². The van der Waals surface area contributed by atoms with E-state index in [4.69, 9.17) is 4.74 Å². The van der Waals surface area contributed by atoms with Crippen molar-refractivity contribution in [2.45, 2.75) is 0 Å². The zero-order chi connectivity index (χ0) is 16.6. The summed E-state index contributed by atoms with van der Waals surface area (Å²) in [5, 5.41) is 0.